The van der Waals surface area contributed by atoms with Crippen LogP contribution in [-0.2, 0) is 13.8 Å². The molecule has 0 aromatic carbocycles. The van der Waals surface area contributed by atoms with Crippen LogP contribution in [0.15, 0.2) is 11.0 Å². The highest BCUT2D eigenvalue weighted by Crippen LogP contribution is 2.43. The summed E-state index contributed by atoms with van der Waals surface area (Å²) >= 11 is 4.88. The maximum absolute atomic E-state index is 14.5. The molecular formula is C10H14FN2O8PS. The van der Waals surface area contributed by atoms with Gasteiger partial charge in [0.05, 0.1) is 0 Å². The number of aliphatic hydroxyl groups excluding tert-OH is 2. The van der Waals surface area contributed by atoms with Crippen molar-refractivity contribution in [2.75, 3.05) is 6.61 Å². The molecule has 23 heavy (non-hydrogen) atoms. The fraction of sp³-hybridized carbons (Fsp3) is 0.600. The number of halogens is 1. The Balaban J connectivity index is 2.33. The van der Waals surface area contributed by atoms with Crippen molar-refractivity contribution < 1.29 is 38.2 Å². The summed E-state index contributed by atoms with van der Waals surface area (Å²) in [5, 5.41) is 19.7. The maximum Gasteiger partial charge on any atom is 0.469 e. The van der Waals surface area contributed by atoms with Gasteiger partial charge >= 0.3 is 7.82 Å². The molecule has 13 heteroatoms. The predicted molar refractivity (Wildman–Crippen MR) is 74.6 cm³/mol. The largest absolute Gasteiger partial charge is 0.469 e. The van der Waals surface area contributed by atoms with Gasteiger partial charge in [0, 0.05) is 11.8 Å². The fourth-order valence-corrected chi connectivity index (χ4v) is 2.63. The molecule has 0 aliphatic carbocycles. The van der Waals surface area contributed by atoms with Gasteiger partial charge in [-0.1, -0.05) is 0 Å². The second-order valence-corrected chi connectivity index (χ2v) is 6.60. The molecule has 1 aliphatic heterocycles. The fourth-order valence-electron chi connectivity index (χ4n) is 2.04. The monoisotopic (exact) mass is 372 g/mol. The number of aryl methyl sites for hydroxylation is 1. The van der Waals surface area contributed by atoms with Crippen LogP contribution in [-0.4, -0.2) is 54.2 Å². The third-order valence-electron chi connectivity index (χ3n) is 3.22. The zero-order valence-electron chi connectivity index (χ0n) is 11.6. The molecule has 0 spiro atoms. The van der Waals surface area contributed by atoms with Crippen LogP contribution >= 0.6 is 20.0 Å². The number of hydrogen-bond donors (Lipinski definition) is 5. The number of aromatic nitrogens is 2. The molecule has 0 amide bonds. The van der Waals surface area contributed by atoms with E-state index in [0.29, 0.717) is 0 Å². The molecule has 0 bridgehead atoms. The molecule has 0 radical (unpaired) electrons. The SMILES string of the molecule is Cc1cn([C@@H]2O[C@](F)(COP(=O)(O)O)[C@@H](O)[C@H]2O)c(=S)[nH]c1=O. The highest BCUT2D eigenvalue weighted by Gasteiger charge is 2.57. The highest BCUT2D eigenvalue weighted by atomic mass is 32.1. The van der Waals surface area contributed by atoms with E-state index in [-0.39, 0.29) is 10.3 Å². The highest BCUT2D eigenvalue weighted by molar-refractivity contribution is 7.71. The van der Waals surface area contributed by atoms with E-state index in [4.69, 9.17) is 26.7 Å². The molecule has 1 fully saturated rings. The number of aliphatic hydroxyl groups is 2. The minimum Gasteiger partial charge on any atom is -0.385 e. The lowest BCUT2D eigenvalue weighted by molar-refractivity contribution is -0.204. The summed E-state index contributed by atoms with van der Waals surface area (Å²) < 4.78 is 34.8. The number of H-pyrrole nitrogens is 1. The lowest BCUT2D eigenvalue weighted by atomic mass is 10.1. The van der Waals surface area contributed by atoms with Crippen molar-refractivity contribution in [2.24, 2.45) is 0 Å². The molecule has 1 aromatic heterocycles. The Morgan fingerprint density at radius 1 is 1.57 bits per heavy atom. The Morgan fingerprint density at radius 3 is 2.74 bits per heavy atom. The molecule has 4 atom stereocenters. The number of rotatable bonds is 4. The van der Waals surface area contributed by atoms with Crippen molar-refractivity contribution >= 4 is 20.0 Å². The molecule has 0 unspecified atom stereocenters. The minimum atomic E-state index is -5.01. The topological polar surface area (TPSA) is 154 Å². The van der Waals surface area contributed by atoms with Crippen LogP contribution in [0, 0.1) is 11.7 Å². The van der Waals surface area contributed by atoms with Crippen molar-refractivity contribution in [1.82, 2.24) is 9.55 Å². The predicted octanol–water partition coefficient (Wildman–Crippen LogP) is -0.760. The normalized spacial score (nSPS) is 31.5. The van der Waals surface area contributed by atoms with Crippen LogP contribution in [0.4, 0.5) is 4.39 Å². The number of hydrogen-bond acceptors (Lipinski definition) is 7. The summed E-state index contributed by atoms with van der Waals surface area (Å²) in [6.07, 6.45) is -4.32. The Hall–Kier alpha value is -0.980. The number of nitrogens with zero attached hydrogens (tertiary/aromatic N) is 1. The van der Waals surface area contributed by atoms with E-state index in [1.807, 2.05) is 0 Å². The van der Waals surface area contributed by atoms with Crippen LogP contribution in [0.5, 0.6) is 0 Å². The van der Waals surface area contributed by atoms with Crippen molar-refractivity contribution in [3.8, 4) is 0 Å². The smallest absolute Gasteiger partial charge is 0.385 e. The van der Waals surface area contributed by atoms with Gasteiger partial charge in [-0.05, 0) is 19.1 Å². The summed E-state index contributed by atoms with van der Waals surface area (Å²) in [5.74, 6) is -3.08. The molecule has 130 valence electrons. The molecule has 1 aliphatic rings. The van der Waals surface area contributed by atoms with E-state index in [0.717, 1.165) is 4.57 Å². The Bertz CT molecular complexity index is 762. The molecule has 0 saturated carbocycles. The zero-order chi connectivity index (χ0) is 17.6. The average Bonchev–Trinajstić information content (AvgIpc) is 2.65. The maximum atomic E-state index is 14.5. The van der Waals surface area contributed by atoms with E-state index in [2.05, 4.69) is 9.51 Å². The second kappa shape index (κ2) is 6.15. The molecule has 5 N–H and O–H groups in total. The van der Waals surface area contributed by atoms with E-state index < -0.39 is 44.3 Å². The lowest BCUT2D eigenvalue weighted by Crippen LogP contribution is -2.42. The number of nitrogens with one attached hydrogen (secondary N) is 1. The van der Waals surface area contributed by atoms with Crippen LogP contribution in [0.1, 0.15) is 11.8 Å². The number of phosphoric acid groups is 1. The lowest BCUT2D eigenvalue weighted by Gasteiger charge is -2.23. The summed E-state index contributed by atoms with van der Waals surface area (Å²) in [6.45, 7) is 0.114. The summed E-state index contributed by atoms with van der Waals surface area (Å²) in [7, 11) is -5.01. The van der Waals surface area contributed by atoms with Gasteiger partial charge in [0.25, 0.3) is 11.4 Å². The summed E-state index contributed by atoms with van der Waals surface area (Å²) in [4.78, 5) is 30.9. The Labute approximate surface area is 133 Å². The van der Waals surface area contributed by atoms with Crippen LogP contribution in [0.3, 0.4) is 0 Å². The van der Waals surface area contributed by atoms with Crippen LogP contribution < -0.4 is 5.56 Å². The first kappa shape index (κ1) is 18.4. The third kappa shape index (κ3) is 3.75. The average molecular weight is 372 g/mol. The molecule has 1 saturated heterocycles. The molecule has 2 heterocycles. The van der Waals surface area contributed by atoms with E-state index in [1.165, 1.54) is 13.1 Å². The Kier molecular flexibility index (Phi) is 4.91. The number of ether oxygens (including phenoxy) is 1. The van der Waals surface area contributed by atoms with Crippen molar-refractivity contribution in [3.63, 3.8) is 0 Å². The second-order valence-electron chi connectivity index (χ2n) is 4.97. The number of alkyl halides is 1. The van der Waals surface area contributed by atoms with E-state index in [1.54, 1.807) is 0 Å². The summed E-state index contributed by atoms with van der Waals surface area (Å²) in [5.41, 5.74) is -0.303. The Morgan fingerprint density at radius 2 is 2.17 bits per heavy atom. The third-order valence-corrected chi connectivity index (χ3v) is 4.00. The van der Waals surface area contributed by atoms with E-state index in [9.17, 15) is 24.0 Å². The van der Waals surface area contributed by atoms with Gasteiger partial charge in [0.1, 0.15) is 18.8 Å². The van der Waals surface area contributed by atoms with E-state index >= 15 is 0 Å². The quantitative estimate of drug-likeness (QED) is 0.339. The first-order chi connectivity index (χ1) is 10.4. The van der Waals surface area contributed by atoms with Gasteiger partial charge in [-0.25, -0.2) is 8.96 Å². The molecule has 2 rings (SSSR count). The van der Waals surface area contributed by atoms with Crippen molar-refractivity contribution in [2.45, 2.75) is 31.2 Å². The number of phosphoric ester groups is 1. The minimum absolute atomic E-state index is 0.187. The first-order valence-electron chi connectivity index (χ1n) is 6.19. The van der Waals surface area contributed by atoms with Gasteiger partial charge < -0.3 is 24.7 Å². The zero-order valence-corrected chi connectivity index (χ0v) is 13.3. The summed E-state index contributed by atoms with van der Waals surface area (Å²) in [6, 6.07) is 0. The van der Waals surface area contributed by atoms with Gasteiger partial charge in [-0.2, -0.15) is 0 Å². The van der Waals surface area contributed by atoms with Gasteiger partial charge in [-0.15, -0.1) is 0 Å². The standard InChI is InChI=1S/C10H14FN2O8PS/c1-4-2-13(9(23)12-7(4)16)8-5(14)6(15)10(11,21-8)3-20-22(17,18)19/h2,5-6,8,14-15H,3H2,1H3,(H,12,16,23)(H2,17,18,19)/t5-,6+,8-,10-/m1/s1. The number of aromatic amines is 1. The van der Waals surface area contributed by atoms with Gasteiger partial charge in [-0.3, -0.25) is 18.9 Å². The first-order valence-corrected chi connectivity index (χ1v) is 8.13. The molecule has 1 aromatic rings. The van der Waals surface area contributed by atoms with Gasteiger partial charge in [0.2, 0.25) is 0 Å². The van der Waals surface area contributed by atoms with Crippen LogP contribution in [0.2, 0.25) is 0 Å². The van der Waals surface area contributed by atoms with Crippen molar-refractivity contribution in [3.05, 3.63) is 26.9 Å². The van der Waals surface area contributed by atoms with Crippen molar-refractivity contribution in [1.29, 1.82) is 0 Å². The molecule has 10 nitrogen and oxygen atoms in total. The molecular weight excluding hydrogens is 358 g/mol. The van der Waals surface area contributed by atoms with Crippen LogP contribution in [0.25, 0.3) is 0 Å². The van der Waals surface area contributed by atoms with Gasteiger partial charge in [0.15, 0.2) is 11.0 Å².